The molecule has 8 heteroatoms. The van der Waals surface area contributed by atoms with Crippen LogP contribution in [0, 0.1) is 5.92 Å². The molecule has 134 valence electrons. The van der Waals surface area contributed by atoms with Crippen molar-refractivity contribution in [2.24, 2.45) is 5.92 Å². The van der Waals surface area contributed by atoms with E-state index in [0.717, 1.165) is 31.6 Å². The van der Waals surface area contributed by atoms with Crippen molar-refractivity contribution in [2.75, 3.05) is 26.7 Å². The van der Waals surface area contributed by atoms with Crippen LogP contribution in [-0.4, -0.2) is 57.7 Å². The van der Waals surface area contributed by atoms with Crippen molar-refractivity contribution in [3.05, 3.63) is 29.3 Å². The molecule has 0 aliphatic carbocycles. The molecular weight excluding hydrogens is 340 g/mol. The van der Waals surface area contributed by atoms with Crippen molar-refractivity contribution in [1.82, 2.24) is 30.4 Å². The van der Waals surface area contributed by atoms with Crippen LogP contribution in [0.4, 0.5) is 0 Å². The maximum atomic E-state index is 12.9. The van der Waals surface area contributed by atoms with Crippen LogP contribution in [0.15, 0.2) is 24.3 Å². The number of benzene rings is 1. The van der Waals surface area contributed by atoms with E-state index in [0.29, 0.717) is 23.2 Å². The van der Waals surface area contributed by atoms with Crippen molar-refractivity contribution < 1.29 is 4.79 Å². The highest BCUT2D eigenvalue weighted by atomic mass is 35.5. The lowest BCUT2D eigenvalue weighted by atomic mass is 10.1. The Morgan fingerprint density at radius 2 is 2.16 bits per heavy atom. The topological polar surface area (TPSA) is 75.9 Å². The van der Waals surface area contributed by atoms with E-state index >= 15 is 0 Å². The Labute approximate surface area is 152 Å². The predicted molar refractivity (Wildman–Crippen MR) is 96.2 cm³/mol. The van der Waals surface area contributed by atoms with E-state index in [9.17, 15) is 4.79 Å². The fourth-order valence-corrected chi connectivity index (χ4v) is 3.33. The summed E-state index contributed by atoms with van der Waals surface area (Å²) in [6.07, 6.45) is 1.66. The van der Waals surface area contributed by atoms with Crippen molar-refractivity contribution in [2.45, 2.75) is 25.8 Å². The molecule has 1 aromatic carbocycles. The van der Waals surface area contributed by atoms with E-state index in [2.05, 4.69) is 20.7 Å². The SMILES string of the molecule is CCC(C(=O)N1CCC(CNC)C1)n1nnc(-c2ccc(Cl)cc2)n1. The second kappa shape index (κ2) is 7.93. The van der Waals surface area contributed by atoms with Crippen molar-refractivity contribution >= 4 is 17.5 Å². The summed E-state index contributed by atoms with van der Waals surface area (Å²) in [7, 11) is 1.94. The summed E-state index contributed by atoms with van der Waals surface area (Å²) in [5.41, 5.74) is 0.827. The van der Waals surface area contributed by atoms with Gasteiger partial charge in [-0.15, -0.1) is 10.2 Å². The molecule has 2 unspecified atom stereocenters. The first-order valence-corrected chi connectivity index (χ1v) is 8.99. The van der Waals surface area contributed by atoms with Crippen LogP contribution in [0.3, 0.4) is 0 Å². The molecule has 0 spiro atoms. The van der Waals surface area contributed by atoms with E-state index in [1.807, 2.05) is 31.0 Å². The lowest BCUT2D eigenvalue weighted by Gasteiger charge is -2.21. The number of tetrazole rings is 1. The molecule has 2 atom stereocenters. The molecule has 7 nitrogen and oxygen atoms in total. The third-order valence-corrected chi connectivity index (χ3v) is 4.82. The van der Waals surface area contributed by atoms with Gasteiger partial charge in [-0.05, 0) is 61.8 Å². The van der Waals surface area contributed by atoms with Gasteiger partial charge in [0.1, 0.15) is 0 Å². The average molecular weight is 363 g/mol. The number of hydrogen-bond acceptors (Lipinski definition) is 5. The van der Waals surface area contributed by atoms with Crippen LogP contribution in [0.25, 0.3) is 11.4 Å². The summed E-state index contributed by atoms with van der Waals surface area (Å²) in [5, 5.41) is 16.5. The molecule has 1 saturated heterocycles. The van der Waals surface area contributed by atoms with Crippen LogP contribution < -0.4 is 5.32 Å². The second-order valence-electron chi connectivity index (χ2n) is 6.36. The number of amides is 1. The molecule has 3 rings (SSSR count). The summed E-state index contributed by atoms with van der Waals surface area (Å²) < 4.78 is 0. The first-order chi connectivity index (χ1) is 12.1. The van der Waals surface area contributed by atoms with Crippen LogP contribution in [0.5, 0.6) is 0 Å². The molecule has 1 N–H and O–H groups in total. The molecule has 1 aliphatic rings. The van der Waals surface area contributed by atoms with Gasteiger partial charge >= 0.3 is 0 Å². The molecule has 0 saturated carbocycles. The van der Waals surface area contributed by atoms with Gasteiger partial charge in [0, 0.05) is 23.7 Å². The lowest BCUT2D eigenvalue weighted by molar-refractivity contribution is -0.134. The van der Waals surface area contributed by atoms with Crippen molar-refractivity contribution in [3.63, 3.8) is 0 Å². The summed E-state index contributed by atoms with van der Waals surface area (Å²) >= 11 is 5.91. The number of nitrogens with zero attached hydrogens (tertiary/aromatic N) is 5. The monoisotopic (exact) mass is 362 g/mol. The fourth-order valence-electron chi connectivity index (χ4n) is 3.21. The van der Waals surface area contributed by atoms with Gasteiger partial charge in [-0.2, -0.15) is 4.80 Å². The molecule has 1 fully saturated rings. The van der Waals surface area contributed by atoms with Crippen molar-refractivity contribution in [1.29, 1.82) is 0 Å². The highest BCUT2D eigenvalue weighted by Gasteiger charge is 2.32. The van der Waals surface area contributed by atoms with Gasteiger partial charge in [-0.1, -0.05) is 18.5 Å². The average Bonchev–Trinajstić information content (AvgIpc) is 3.26. The van der Waals surface area contributed by atoms with Crippen molar-refractivity contribution in [3.8, 4) is 11.4 Å². The fraction of sp³-hybridized carbons (Fsp3) is 0.529. The Hall–Kier alpha value is -1.99. The summed E-state index contributed by atoms with van der Waals surface area (Å²) in [6, 6.07) is 6.84. The quantitative estimate of drug-likeness (QED) is 0.850. The van der Waals surface area contributed by atoms with E-state index in [1.54, 1.807) is 12.1 Å². The minimum Gasteiger partial charge on any atom is -0.340 e. The Kier molecular flexibility index (Phi) is 5.65. The van der Waals surface area contributed by atoms with Crippen LogP contribution in [0.2, 0.25) is 5.02 Å². The van der Waals surface area contributed by atoms with Gasteiger partial charge in [0.25, 0.3) is 0 Å². The molecular formula is C17H23ClN6O. The first kappa shape index (κ1) is 17.8. The van der Waals surface area contributed by atoms with Gasteiger partial charge in [-0.3, -0.25) is 4.79 Å². The normalized spacial score (nSPS) is 18.5. The van der Waals surface area contributed by atoms with Gasteiger partial charge in [0.15, 0.2) is 6.04 Å². The zero-order valence-corrected chi connectivity index (χ0v) is 15.3. The third-order valence-electron chi connectivity index (χ3n) is 4.57. The van der Waals surface area contributed by atoms with E-state index in [-0.39, 0.29) is 5.91 Å². The highest BCUT2D eigenvalue weighted by Crippen LogP contribution is 2.22. The number of nitrogens with one attached hydrogen (secondary N) is 1. The minimum absolute atomic E-state index is 0.0705. The van der Waals surface area contributed by atoms with Gasteiger partial charge in [0.05, 0.1) is 0 Å². The Morgan fingerprint density at radius 1 is 1.40 bits per heavy atom. The molecule has 0 bridgehead atoms. The maximum absolute atomic E-state index is 12.9. The maximum Gasteiger partial charge on any atom is 0.249 e. The Bertz CT molecular complexity index is 716. The number of rotatable bonds is 6. The van der Waals surface area contributed by atoms with Crippen LogP contribution in [-0.2, 0) is 4.79 Å². The number of aromatic nitrogens is 4. The molecule has 25 heavy (non-hydrogen) atoms. The number of hydrogen-bond donors (Lipinski definition) is 1. The number of carbonyl (C=O) groups excluding carboxylic acids is 1. The van der Waals surface area contributed by atoms with E-state index in [1.165, 1.54) is 4.80 Å². The van der Waals surface area contributed by atoms with E-state index in [4.69, 9.17) is 11.6 Å². The van der Waals surface area contributed by atoms with Crippen LogP contribution in [0.1, 0.15) is 25.8 Å². The predicted octanol–water partition coefficient (Wildman–Crippen LogP) is 2.01. The lowest BCUT2D eigenvalue weighted by Crippen LogP contribution is -2.37. The highest BCUT2D eigenvalue weighted by molar-refractivity contribution is 6.30. The molecule has 1 amide bonds. The van der Waals surface area contributed by atoms with Gasteiger partial charge < -0.3 is 10.2 Å². The molecule has 1 aliphatic heterocycles. The summed E-state index contributed by atoms with van der Waals surface area (Å²) in [4.78, 5) is 16.2. The number of halogens is 1. The zero-order chi connectivity index (χ0) is 17.8. The molecule has 2 aromatic rings. The summed E-state index contributed by atoms with van der Waals surface area (Å²) in [6.45, 7) is 4.48. The second-order valence-corrected chi connectivity index (χ2v) is 6.80. The third kappa shape index (κ3) is 3.99. The standard InChI is InChI=1S/C17H23ClN6O/c1-3-15(17(25)23-9-8-12(11-23)10-19-2)24-21-16(20-22-24)13-4-6-14(18)7-5-13/h4-7,12,15,19H,3,8-11H2,1-2H3. The smallest absolute Gasteiger partial charge is 0.249 e. The largest absolute Gasteiger partial charge is 0.340 e. The Balaban J connectivity index is 1.73. The molecule has 2 heterocycles. The van der Waals surface area contributed by atoms with Gasteiger partial charge in [-0.25, -0.2) is 0 Å². The Morgan fingerprint density at radius 3 is 2.84 bits per heavy atom. The zero-order valence-electron chi connectivity index (χ0n) is 14.5. The van der Waals surface area contributed by atoms with E-state index < -0.39 is 6.04 Å². The summed E-state index contributed by atoms with van der Waals surface area (Å²) in [5.74, 6) is 1.08. The molecule has 1 aromatic heterocycles. The number of likely N-dealkylation sites (tertiary alicyclic amines) is 1. The molecule has 0 radical (unpaired) electrons. The minimum atomic E-state index is -0.415. The van der Waals surface area contributed by atoms with Gasteiger partial charge in [0.2, 0.25) is 11.7 Å². The van der Waals surface area contributed by atoms with Crippen LogP contribution >= 0.6 is 11.6 Å². The number of carbonyl (C=O) groups is 1. The first-order valence-electron chi connectivity index (χ1n) is 8.61.